The Hall–Kier alpha value is -3.23. The number of nitrogens with zero attached hydrogens (tertiary/aromatic N) is 1. The monoisotopic (exact) mass is 453 g/mol. The molecule has 3 aromatic rings. The highest BCUT2D eigenvalue weighted by Gasteiger charge is 2.17. The van der Waals surface area contributed by atoms with Crippen molar-refractivity contribution in [2.24, 2.45) is 0 Å². The number of aromatic nitrogens is 1. The summed E-state index contributed by atoms with van der Waals surface area (Å²) in [4.78, 5) is 16.3. The SMILES string of the molecule is CC(C)(C)c1ccc(S(=O)(=O)NCCC(=O)Nc2ccc(Oc3ccncc3)cc2)cc1. The van der Waals surface area contributed by atoms with E-state index in [0.717, 1.165) is 5.56 Å². The van der Waals surface area contributed by atoms with Crippen molar-refractivity contribution in [2.45, 2.75) is 37.5 Å². The predicted molar refractivity (Wildman–Crippen MR) is 124 cm³/mol. The number of carbonyl (C=O) groups excluding carboxylic acids is 1. The van der Waals surface area contributed by atoms with Gasteiger partial charge >= 0.3 is 0 Å². The van der Waals surface area contributed by atoms with E-state index in [2.05, 4.69) is 35.8 Å². The Balaban J connectivity index is 1.48. The Morgan fingerprint density at radius 3 is 2.09 bits per heavy atom. The lowest BCUT2D eigenvalue weighted by Crippen LogP contribution is -2.28. The summed E-state index contributed by atoms with van der Waals surface area (Å²) in [7, 11) is -3.68. The van der Waals surface area contributed by atoms with Crippen molar-refractivity contribution < 1.29 is 17.9 Å². The Morgan fingerprint density at radius 1 is 0.906 bits per heavy atom. The zero-order valence-corrected chi connectivity index (χ0v) is 19.1. The van der Waals surface area contributed by atoms with Gasteiger partial charge in [0, 0.05) is 31.0 Å². The number of rotatable bonds is 8. The molecule has 3 rings (SSSR count). The lowest BCUT2D eigenvalue weighted by Gasteiger charge is -2.19. The summed E-state index contributed by atoms with van der Waals surface area (Å²) in [5.41, 5.74) is 1.59. The fourth-order valence-electron chi connectivity index (χ4n) is 2.89. The van der Waals surface area contributed by atoms with Gasteiger partial charge in [-0.15, -0.1) is 0 Å². The van der Waals surface area contributed by atoms with Gasteiger partial charge in [-0.05, 0) is 59.5 Å². The van der Waals surface area contributed by atoms with E-state index in [1.54, 1.807) is 60.9 Å². The standard InChI is InChI=1S/C24H27N3O4S/c1-24(2,3)18-4-10-22(11-5-18)32(29,30)26-17-14-23(28)27-19-6-8-20(9-7-19)31-21-12-15-25-16-13-21/h4-13,15-16,26H,14,17H2,1-3H3,(H,27,28). The van der Waals surface area contributed by atoms with Crippen LogP contribution in [0.3, 0.4) is 0 Å². The average Bonchev–Trinajstić information content (AvgIpc) is 2.75. The lowest BCUT2D eigenvalue weighted by molar-refractivity contribution is -0.116. The molecule has 0 saturated heterocycles. The third-order valence-corrected chi connectivity index (χ3v) is 6.18. The molecule has 0 aliphatic carbocycles. The first-order chi connectivity index (χ1) is 15.1. The van der Waals surface area contributed by atoms with Gasteiger partial charge in [0.05, 0.1) is 4.90 Å². The molecule has 1 aromatic heterocycles. The summed E-state index contributed by atoms with van der Waals surface area (Å²) in [6, 6.07) is 17.2. The molecule has 0 aliphatic rings. The number of carbonyl (C=O) groups is 1. The quantitative estimate of drug-likeness (QED) is 0.524. The molecule has 0 radical (unpaired) electrons. The van der Waals surface area contributed by atoms with E-state index >= 15 is 0 Å². The molecule has 0 unspecified atom stereocenters. The number of hydrogen-bond donors (Lipinski definition) is 2. The number of amides is 1. The van der Waals surface area contributed by atoms with Gasteiger partial charge in [0.2, 0.25) is 15.9 Å². The molecule has 1 heterocycles. The van der Waals surface area contributed by atoms with Crippen LogP contribution in [0.4, 0.5) is 5.69 Å². The zero-order chi connectivity index (χ0) is 23.2. The summed E-state index contributed by atoms with van der Waals surface area (Å²) < 4.78 is 33.1. The van der Waals surface area contributed by atoms with Crippen molar-refractivity contribution in [3.05, 3.63) is 78.6 Å². The maximum Gasteiger partial charge on any atom is 0.240 e. The van der Waals surface area contributed by atoms with Crippen molar-refractivity contribution in [3.8, 4) is 11.5 Å². The summed E-state index contributed by atoms with van der Waals surface area (Å²) in [5, 5.41) is 2.74. The van der Waals surface area contributed by atoms with Gasteiger partial charge < -0.3 is 10.1 Å². The molecule has 32 heavy (non-hydrogen) atoms. The minimum Gasteiger partial charge on any atom is -0.457 e. The molecule has 7 nitrogen and oxygen atoms in total. The van der Waals surface area contributed by atoms with Crippen molar-refractivity contribution in [1.82, 2.24) is 9.71 Å². The number of hydrogen-bond acceptors (Lipinski definition) is 5. The van der Waals surface area contributed by atoms with Crippen molar-refractivity contribution in [2.75, 3.05) is 11.9 Å². The van der Waals surface area contributed by atoms with Crippen LogP contribution in [0.15, 0.2) is 78.0 Å². The third kappa shape index (κ3) is 6.63. The summed E-state index contributed by atoms with van der Waals surface area (Å²) >= 11 is 0. The maximum atomic E-state index is 12.5. The molecule has 2 aromatic carbocycles. The second-order valence-electron chi connectivity index (χ2n) is 8.28. The van der Waals surface area contributed by atoms with Crippen LogP contribution in [0.1, 0.15) is 32.8 Å². The van der Waals surface area contributed by atoms with Gasteiger partial charge in [0.25, 0.3) is 0 Å². The molecule has 0 saturated carbocycles. The number of benzene rings is 2. The first-order valence-electron chi connectivity index (χ1n) is 10.2. The molecule has 8 heteroatoms. The molecule has 0 aliphatic heterocycles. The van der Waals surface area contributed by atoms with Crippen molar-refractivity contribution >= 4 is 21.6 Å². The highest BCUT2D eigenvalue weighted by Crippen LogP contribution is 2.24. The summed E-state index contributed by atoms with van der Waals surface area (Å²) in [6.07, 6.45) is 3.28. The minimum atomic E-state index is -3.68. The van der Waals surface area contributed by atoms with Crippen molar-refractivity contribution in [3.63, 3.8) is 0 Å². The van der Waals surface area contributed by atoms with Crippen LogP contribution in [-0.2, 0) is 20.2 Å². The molecule has 1 amide bonds. The Morgan fingerprint density at radius 2 is 1.50 bits per heavy atom. The topological polar surface area (TPSA) is 97.4 Å². The van der Waals surface area contributed by atoms with Crippen LogP contribution in [-0.4, -0.2) is 25.9 Å². The number of anilines is 1. The first kappa shape index (κ1) is 23.4. The number of ether oxygens (including phenoxy) is 1. The molecule has 168 valence electrons. The Bertz CT molecular complexity index is 1140. The molecule has 0 fully saturated rings. The van der Waals surface area contributed by atoms with Crippen LogP contribution in [0, 0.1) is 0 Å². The van der Waals surface area contributed by atoms with Crippen LogP contribution in [0.2, 0.25) is 0 Å². The van der Waals surface area contributed by atoms with Gasteiger partial charge in [0.1, 0.15) is 11.5 Å². The minimum absolute atomic E-state index is 0.00156. The molecule has 0 bridgehead atoms. The van der Waals surface area contributed by atoms with Gasteiger partial charge in [-0.25, -0.2) is 13.1 Å². The Kier molecular flexibility index (Phi) is 7.27. The second kappa shape index (κ2) is 9.93. The van der Waals surface area contributed by atoms with E-state index in [9.17, 15) is 13.2 Å². The number of nitrogens with one attached hydrogen (secondary N) is 2. The van der Waals surface area contributed by atoms with E-state index < -0.39 is 10.0 Å². The third-order valence-electron chi connectivity index (χ3n) is 4.70. The van der Waals surface area contributed by atoms with Crippen molar-refractivity contribution in [1.29, 1.82) is 0 Å². The average molecular weight is 454 g/mol. The normalized spacial score (nSPS) is 11.7. The Labute approximate surface area is 188 Å². The van der Waals surface area contributed by atoms with Crippen LogP contribution in [0.5, 0.6) is 11.5 Å². The molecule has 0 spiro atoms. The molecule has 0 atom stereocenters. The highest BCUT2D eigenvalue weighted by atomic mass is 32.2. The molecular weight excluding hydrogens is 426 g/mol. The fourth-order valence-corrected chi connectivity index (χ4v) is 3.92. The van der Waals surface area contributed by atoms with Crippen LogP contribution in [0.25, 0.3) is 0 Å². The van der Waals surface area contributed by atoms with Crippen LogP contribution < -0.4 is 14.8 Å². The van der Waals surface area contributed by atoms with Crippen LogP contribution >= 0.6 is 0 Å². The maximum absolute atomic E-state index is 12.5. The predicted octanol–water partition coefficient (Wildman–Crippen LogP) is 4.48. The highest BCUT2D eigenvalue weighted by molar-refractivity contribution is 7.89. The van der Waals surface area contributed by atoms with Gasteiger partial charge in [-0.1, -0.05) is 32.9 Å². The van der Waals surface area contributed by atoms with E-state index in [1.807, 2.05) is 12.1 Å². The number of pyridine rings is 1. The molecular formula is C24H27N3O4S. The second-order valence-corrected chi connectivity index (χ2v) is 10.0. The van der Waals surface area contributed by atoms with Gasteiger partial charge in [0.15, 0.2) is 0 Å². The first-order valence-corrected chi connectivity index (χ1v) is 11.7. The number of sulfonamides is 1. The van der Waals surface area contributed by atoms with E-state index in [4.69, 9.17) is 4.74 Å². The van der Waals surface area contributed by atoms with E-state index in [0.29, 0.717) is 17.2 Å². The van der Waals surface area contributed by atoms with E-state index in [-0.39, 0.29) is 29.2 Å². The zero-order valence-electron chi connectivity index (χ0n) is 18.3. The van der Waals surface area contributed by atoms with Gasteiger partial charge in [-0.3, -0.25) is 9.78 Å². The lowest BCUT2D eigenvalue weighted by atomic mass is 9.87. The van der Waals surface area contributed by atoms with E-state index in [1.165, 1.54) is 0 Å². The largest absolute Gasteiger partial charge is 0.457 e. The summed E-state index contributed by atoms with van der Waals surface area (Å²) in [6.45, 7) is 6.19. The molecule has 2 N–H and O–H groups in total. The smallest absolute Gasteiger partial charge is 0.240 e. The van der Waals surface area contributed by atoms with Gasteiger partial charge in [-0.2, -0.15) is 0 Å². The summed E-state index contributed by atoms with van der Waals surface area (Å²) in [5.74, 6) is 0.995. The fraction of sp³-hybridized carbons (Fsp3) is 0.250.